The average Bonchev–Trinajstić information content (AvgIpc) is 3.12. The molecule has 4 nitrogen and oxygen atoms in total. The van der Waals surface area contributed by atoms with Crippen LogP contribution in [0.3, 0.4) is 0 Å². The standard InChI is InChI=1S/C24H21NO3/c26-24(27-17-18-9-2-1-3-10-18)25-16-7-6-11-19-12-8-14-21-20-13-4-5-15-22(20)28-23(19)21/h1-6,8-15H,7,16-17H2,(H,25,26). The van der Waals surface area contributed by atoms with Crippen LogP contribution < -0.4 is 5.32 Å². The van der Waals surface area contributed by atoms with E-state index in [4.69, 9.17) is 9.15 Å². The minimum absolute atomic E-state index is 0.274. The van der Waals surface area contributed by atoms with E-state index in [2.05, 4.69) is 17.4 Å². The van der Waals surface area contributed by atoms with Crippen molar-refractivity contribution in [1.82, 2.24) is 5.32 Å². The van der Waals surface area contributed by atoms with E-state index in [0.29, 0.717) is 13.0 Å². The number of hydrogen-bond donors (Lipinski definition) is 1. The first kappa shape index (κ1) is 17.9. The van der Waals surface area contributed by atoms with E-state index in [1.165, 1.54) is 0 Å². The molecule has 0 aliphatic carbocycles. The zero-order valence-electron chi connectivity index (χ0n) is 15.4. The second kappa shape index (κ2) is 8.44. The van der Waals surface area contributed by atoms with Gasteiger partial charge >= 0.3 is 6.09 Å². The van der Waals surface area contributed by atoms with Crippen LogP contribution in [0.1, 0.15) is 17.5 Å². The van der Waals surface area contributed by atoms with Gasteiger partial charge in [-0.2, -0.15) is 0 Å². The van der Waals surface area contributed by atoms with E-state index in [9.17, 15) is 4.79 Å². The van der Waals surface area contributed by atoms with Gasteiger partial charge in [0, 0.05) is 22.9 Å². The van der Waals surface area contributed by atoms with Crippen LogP contribution in [0, 0.1) is 0 Å². The van der Waals surface area contributed by atoms with Crippen molar-refractivity contribution in [1.29, 1.82) is 0 Å². The number of nitrogens with one attached hydrogen (secondary N) is 1. The Kier molecular flexibility index (Phi) is 5.38. The molecule has 0 aliphatic rings. The summed E-state index contributed by atoms with van der Waals surface area (Å²) < 4.78 is 11.2. The molecule has 1 amide bonds. The van der Waals surface area contributed by atoms with E-state index in [-0.39, 0.29) is 6.61 Å². The molecule has 1 heterocycles. The first-order valence-corrected chi connectivity index (χ1v) is 9.32. The Morgan fingerprint density at radius 1 is 0.929 bits per heavy atom. The lowest BCUT2D eigenvalue weighted by Gasteiger charge is -2.05. The fourth-order valence-corrected chi connectivity index (χ4v) is 3.14. The van der Waals surface area contributed by atoms with Crippen LogP contribution in [0.15, 0.2) is 83.3 Å². The van der Waals surface area contributed by atoms with Crippen molar-refractivity contribution < 1.29 is 13.9 Å². The van der Waals surface area contributed by atoms with Crippen LogP contribution in [0.5, 0.6) is 0 Å². The van der Waals surface area contributed by atoms with Gasteiger partial charge in [0.15, 0.2) is 0 Å². The largest absolute Gasteiger partial charge is 0.455 e. The van der Waals surface area contributed by atoms with Crippen molar-refractivity contribution in [3.63, 3.8) is 0 Å². The van der Waals surface area contributed by atoms with Crippen LogP contribution in [-0.4, -0.2) is 12.6 Å². The van der Waals surface area contributed by atoms with Gasteiger partial charge in [0.1, 0.15) is 17.8 Å². The summed E-state index contributed by atoms with van der Waals surface area (Å²) in [6, 6.07) is 23.8. The molecular formula is C24H21NO3. The predicted molar refractivity (Wildman–Crippen MR) is 112 cm³/mol. The van der Waals surface area contributed by atoms with Crippen LogP contribution in [0.4, 0.5) is 4.79 Å². The topological polar surface area (TPSA) is 51.5 Å². The number of furan rings is 1. The summed E-state index contributed by atoms with van der Waals surface area (Å²) in [5.74, 6) is 0. The molecule has 4 rings (SSSR count). The van der Waals surface area contributed by atoms with E-state index in [1.807, 2.05) is 72.8 Å². The third-order valence-electron chi connectivity index (χ3n) is 4.53. The quantitative estimate of drug-likeness (QED) is 0.428. The summed E-state index contributed by atoms with van der Waals surface area (Å²) >= 11 is 0. The Morgan fingerprint density at radius 2 is 1.71 bits per heavy atom. The Labute approximate surface area is 163 Å². The number of fused-ring (bicyclic) bond motifs is 3. The van der Waals surface area contributed by atoms with E-state index in [0.717, 1.165) is 33.1 Å². The van der Waals surface area contributed by atoms with Gasteiger partial charge in [0.05, 0.1) is 0 Å². The van der Waals surface area contributed by atoms with E-state index in [1.54, 1.807) is 0 Å². The molecule has 28 heavy (non-hydrogen) atoms. The smallest absolute Gasteiger partial charge is 0.407 e. The zero-order chi connectivity index (χ0) is 19.2. The van der Waals surface area contributed by atoms with Crippen LogP contribution in [0.25, 0.3) is 28.0 Å². The second-order valence-corrected chi connectivity index (χ2v) is 6.50. The highest BCUT2D eigenvalue weighted by Gasteiger charge is 2.08. The maximum atomic E-state index is 11.8. The van der Waals surface area contributed by atoms with Gasteiger partial charge in [-0.1, -0.05) is 78.9 Å². The van der Waals surface area contributed by atoms with Gasteiger partial charge in [-0.05, 0) is 18.1 Å². The highest BCUT2D eigenvalue weighted by Crippen LogP contribution is 2.31. The molecule has 0 atom stereocenters. The van der Waals surface area contributed by atoms with E-state index >= 15 is 0 Å². The maximum Gasteiger partial charge on any atom is 0.407 e. The summed E-state index contributed by atoms with van der Waals surface area (Å²) in [6.45, 7) is 0.788. The van der Waals surface area contributed by atoms with Crippen molar-refractivity contribution in [2.75, 3.05) is 6.54 Å². The molecular weight excluding hydrogens is 350 g/mol. The Hall–Kier alpha value is -3.53. The highest BCUT2D eigenvalue weighted by atomic mass is 16.5. The minimum atomic E-state index is -0.406. The molecule has 0 saturated heterocycles. The monoisotopic (exact) mass is 371 g/mol. The summed E-state index contributed by atoms with van der Waals surface area (Å²) in [7, 11) is 0. The number of carbonyl (C=O) groups is 1. The molecule has 1 aromatic heterocycles. The molecule has 4 heteroatoms. The Bertz CT molecular complexity index is 1110. The number of alkyl carbamates (subject to hydrolysis) is 1. The molecule has 0 fully saturated rings. The predicted octanol–water partition coefficient (Wildman–Crippen LogP) is 5.92. The van der Waals surface area contributed by atoms with E-state index < -0.39 is 6.09 Å². The lowest BCUT2D eigenvalue weighted by Crippen LogP contribution is -2.24. The molecule has 3 aromatic carbocycles. The van der Waals surface area contributed by atoms with Gasteiger partial charge in [-0.25, -0.2) is 4.79 Å². The van der Waals surface area contributed by atoms with Crippen molar-refractivity contribution >= 4 is 34.1 Å². The molecule has 4 aromatic rings. The third kappa shape index (κ3) is 4.07. The molecule has 140 valence electrons. The number of carbonyl (C=O) groups excluding carboxylic acids is 1. The number of ether oxygens (including phenoxy) is 1. The van der Waals surface area contributed by atoms with Crippen LogP contribution >= 0.6 is 0 Å². The third-order valence-corrected chi connectivity index (χ3v) is 4.53. The van der Waals surface area contributed by atoms with Crippen molar-refractivity contribution in [2.45, 2.75) is 13.0 Å². The van der Waals surface area contributed by atoms with Gasteiger partial charge < -0.3 is 14.5 Å². The molecule has 1 N–H and O–H groups in total. The SMILES string of the molecule is O=C(NCCC=Cc1cccc2c1oc1ccccc12)OCc1ccccc1. The number of hydrogen-bond acceptors (Lipinski definition) is 3. The van der Waals surface area contributed by atoms with Gasteiger partial charge in [0.25, 0.3) is 0 Å². The Balaban J connectivity index is 1.31. The second-order valence-electron chi connectivity index (χ2n) is 6.50. The summed E-state index contributed by atoms with van der Waals surface area (Å²) in [5.41, 5.74) is 3.77. The van der Waals surface area contributed by atoms with Gasteiger partial charge in [-0.3, -0.25) is 0 Å². The first-order chi connectivity index (χ1) is 13.8. The van der Waals surface area contributed by atoms with Crippen molar-refractivity contribution in [2.24, 2.45) is 0 Å². The number of benzene rings is 3. The number of amides is 1. The fraction of sp³-hybridized carbons (Fsp3) is 0.125. The normalized spacial score (nSPS) is 11.3. The van der Waals surface area contributed by atoms with Crippen LogP contribution in [0.2, 0.25) is 0 Å². The minimum Gasteiger partial charge on any atom is -0.455 e. The number of rotatable bonds is 6. The summed E-state index contributed by atoms with van der Waals surface area (Å²) in [4.78, 5) is 11.8. The zero-order valence-corrected chi connectivity index (χ0v) is 15.4. The lowest BCUT2D eigenvalue weighted by molar-refractivity contribution is 0.140. The summed E-state index contributed by atoms with van der Waals surface area (Å²) in [6.07, 6.45) is 4.36. The molecule has 0 radical (unpaired) electrons. The van der Waals surface area contributed by atoms with Crippen molar-refractivity contribution in [3.05, 3.63) is 90.0 Å². The van der Waals surface area contributed by atoms with Gasteiger partial charge in [0.2, 0.25) is 0 Å². The average molecular weight is 371 g/mol. The number of para-hydroxylation sites is 2. The Morgan fingerprint density at radius 3 is 2.61 bits per heavy atom. The van der Waals surface area contributed by atoms with Gasteiger partial charge in [-0.15, -0.1) is 0 Å². The fourth-order valence-electron chi connectivity index (χ4n) is 3.14. The first-order valence-electron chi connectivity index (χ1n) is 9.32. The molecule has 0 bridgehead atoms. The van der Waals surface area contributed by atoms with Crippen LogP contribution in [-0.2, 0) is 11.3 Å². The molecule has 0 aliphatic heterocycles. The summed E-state index contributed by atoms with van der Waals surface area (Å²) in [5, 5.41) is 4.99. The molecule has 0 unspecified atom stereocenters. The lowest BCUT2D eigenvalue weighted by atomic mass is 10.1. The molecule has 0 spiro atoms. The van der Waals surface area contributed by atoms with Crippen molar-refractivity contribution in [3.8, 4) is 0 Å². The maximum absolute atomic E-state index is 11.8. The molecule has 0 saturated carbocycles. The highest BCUT2D eigenvalue weighted by molar-refractivity contribution is 6.07.